The second-order valence-electron chi connectivity index (χ2n) is 5.58. The van der Waals surface area contributed by atoms with Gasteiger partial charge in [0.1, 0.15) is 0 Å². The SMILES string of the molecule is O=C(N[C@@H]1CN(C(=O)c2ccco2)C[C@H]1CO)c1ccccc1. The molecule has 3 rings (SSSR count). The van der Waals surface area contributed by atoms with Crippen LogP contribution in [0, 0.1) is 5.92 Å². The van der Waals surface area contributed by atoms with Crippen molar-refractivity contribution in [1.82, 2.24) is 10.2 Å². The predicted octanol–water partition coefficient (Wildman–Crippen LogP) is 1.14. The molecule has 0 saturated carbocycles. The monoisotopic (exact) mass is 314 g/mol. The molecule has 1 fully saturated rings. The Bertz CT molecular complexity index is 669. The van der Waals surface area contributed by atoms with E-state index in [1.807, 2.05) is 6.07 Å². The van der Waals surface area contributed by atoms with Crippen molar-refractivity contribution in [2.45, 2.75) is 6.04 Å². The van der Waals surface area contributed by atoms with E-state index < -0.39 is 0 Å². The lowest BCUT2D eigenvalue weighted by Gasteiger charge is -2.17. The van der Waals surface area contributed by atoms with Crippen molar-refractivity contribution in [3.8, 4) is 0 Å². The standard InChI is InChI=1S/C17H18N2O4/c20-11-13-9-19(17(22)15-7-4-8-23-15)10-14(13)18-16(21)12-5-2-1-3-6-12/h1-8,13-14,20H,9-11H2,(H,18,21)/t13-,14+/m0/s1. The number of benzene rings is 1. The fourth-order valence-corrected chi connectivity index (χ4v) is 2.78. The van der Waals surface area contributed by atoms with Gasteiger partial charge in [-0.3, -0.25) is 9.59 Å². The summed E-state index contributed by atoms with van der Waals surface area (Å²) in [6, 6.07) is 11.8. The Morgan fingerprint density at radius 2 is 1.96 bits per heavy atom. The lowest BCUT2D eigenvalue weighted by Crippen LogP contribution is -2.41. The minimum Gasteiger partial charge on any atom is -0.459 e. The number of aliphatic hydroxyl groups excluding tert-OH is 1. The Morgan fingerprint density at radius 3 is 2.61 bits per heavy atom. The van der Waals surface area contributed by atoms with Crippen LogP contribution in [0.4, 0.5) is 0 Å². The fraction of sp³-hybridized carbons (Fsp3) is 0.294. The highest BCUT2D eigenvalue weighted by atomic mass is 16.3. The molecule has 2 heterocycles. The van der Waals surface area contributed by atoms with Crippen molar-refractivity contribution in [2.75, 3.05) is 19.7 Å². The zero-order valence-corrected chi connectivity index (χ0v) is 12.5. The summed E-state index contributed by atoms with van der Waals surface area (Å²) in [7, 11) is 0. The molecule has 1 aromatic carbocycles. The third kappa shape index (κ3) is 3.27. The third-order valence-electron chi connectivity index (χ3n) is 4.05. The molecule has 0 unspecified atom stereocenters. The van der Waals surface area contributed by atoms with Gasteiger partial charge < -0.3 is 19.7 Å². The fourth-order valence-electron chi connectivity index (χ4n) is 2.78. The zero-order chi connectivity index (χ0) is 16.2. The van der Waals surface area contributed by atoms with E-state index in [4.69, 9.17) is 4.42 Å². The molecule has 1 aliphatic rings. The molecule has 0 aliphatic carbocycles. The highest BCUT2D eigenvalue weighted by Crippen LogP contribution is 2.20. The molecule has 1 aromatic heterocycles. The number of nitrogens with one attached hydrogen (secondary N) is 1. The van der Waals surface area contributed by atoms with Crippen molar-refractivity contribution < 1.29 is 19.1 Å². The molecule has 2 atom stereocenters. The van der Waals surface area contributed by atoms with Crippen LogP contribution in [0.25, 0.3) is 0 Å². The van der Waals surface area contributed by atoms with E-state index in [0.29, 0.717) is 18.7 Å². The number of carbonyl (C=O) groups excluding carboxylic acids is 2. The van der Waals surface area contributed by atoms with Gasteiger partial charge in [-0.15, -0.1) is 0 Å². The average Bonchev–Trinajstić information content (AvgIpc) is 3.24. The second kappa shape index (κ2) is 6.66. The van der Waals surface area contributed by atoms with E-state index in [2.05, 4.69) is 5.32 Å². The van der Waals surface area contributed by atoms with E-state index in [9.17, 15) is 14.7 Å². The number of aliphatic hydroxyl groups is 1. The maximum atomic E-state index is 12.3. The smallest absolute Gasteiger partial charge is 0.289 e. The Hall–Kier alpha value is -2.60. The highest BCUT2D eigenvalue weighted by Gasteiger charge is 2.36. The van der Waals surface area contributed by atoms with Gasteiger partial charge >= 0.3 is 0 Å². The number of carbonyl (C=O) groups is 2. The summed E-state index contributed by atoms with van der Waals surface area (Å²) in [5.41, 5.74) is 0.556. The molecule has 1 aliphatic heterocycles. The number of hydrogen-bond acceptors (Lipinski definition) is 4. The lowest BCUT2D eigenvalue weighted by molar-refractivity contribution is 0.0747. The van der Waals surface area contributed by atoms with Crippen molar-refractivity contribution in [3.63, 3.8) is 0 Å². The van der Waals surface area contributed by atoms with Crippen molar-refractivity contribution >= 4 is 11.8 Å². The van der Waals surface area contributed by atoms with Gasteiger partial charge in [0.15, 0.2) is 5.76 Å². The van der Waals surface area contributed by atoms with E-state index >= 15 is 0 Å². The van der Waals surface area contributed by atoms with Crippen LogP contribution in [0.2, 0.25) is 0 Å². The van der Waals surface area contributed by atoms with Crippen molar-refractivity contribution in [1.29, 1.82) is 0 Å². The molecule has 0 bridgehead atoms. The number of nitrogens with zero attached hydrogens (tertiary/aromatic N) is 1. The van der Waals surface area contributed by atoms with Gasteiger partial charge in [-0.25, -0.2) is 0 Å². The average molecular weight is 314 g/mol. The molecular formula is C17H18N2O4. The molecule has 2 aromatic rings. The number of rotatable bonds is 4. The van der Waals surface area contributed by atoms with E-state index in [-0.39, 0.29) is 36.1 Å². The Labute approximate surface area is 133 Å². The minimum atomic E-state index is -0.286. The number of hydrogen-bond donors (Lipinski definition) is 2. The van der Waals surface area contributed by atoms with Crippen LogP contribution in [-0.2, 0) is 0 Å². The largest absolute Gasteiger partial charge is 0.459 e. The first kappa shape index (κ1) is 15.3. The summed E-state index contributed by atoms with van der Waals surface area (Å²) in [6.07, 6.45) is 1.45. The van der Waals surface area contributed by atoms with Gasteiger partial charge in [-0.2, -0.15) is 0 Å². The maximum absolute atomic E-state index is 12.3. The first-order valence-corrected chi connectivity index (χ1v) is 7.48. The number of furan rings is 1. The summed E-state index contributed by atoms with van der Waals surface area (Å²) in [4.78, 5) is 26.2. The van der Waals surface area contributed by atoms with Crippen LogP contribution >= 0.6 is 0 Å². The predicted molar refractivity (Wildman–Crippen MR) is 82.9 cm³/mol. The van der Waals surface area contributed by atoms with E-state index in [0.717, 1.165) is 0 Å². The van der Waals surface area contributed by atoms with Gasteiger partial charge in [0.25, 0.3) is 11.8 Å². The van der Waals surface area contributed by atoms with Gasteiger partial charge in [0, 0.05) is 31.2 Å². The second-order valence-corrected chi connectivity index (χ2v) is 5.58. The molecule has 2 N–H and O–H groups in total. The topological polar surface area (TPSA) is 82.8 Å². The molecular weight excluding hydrogens is 296 g/mol. The number of amides is 2. The molecule has 0 radical (unpaired) electrons. The third-order valence-corrected chi connectivity index (χ3v) is 4.05. The van der Waals surface area contributed by atoms with Crippen molar-refractivity contribution in [2.24, 2.45) is 5.92 Å². The quantitative estimate of drug-likeness (QED) is 0.886. The number of likely N-dealkylation sites (tertiary alicyclic amines) is 1. The summed E-state index contributed by atoms with van der Waals surface area (Å²) in [5.74, 6) is -0.371. The minimum absolute atomic E-state index is 0.0956. The van der Waals surface area contributed by atoms with Gasteiger partial charge in [-0.05, 0) is 24.3 Å². The van der Waals surface area contributed by atoms with Crippen molar-refractivity contribution in [3.05, 3.63) is 60.1 Å². The Morgan fingerprint density at radius 1 is 1.17 bits per heavy atom. The lowest BCUT2D eigenvalue weighted by atomic mass is 10.0. The molecule has 120 valence electrons. The molecule has 6 nitrogen and oxygen atoms in total. The normalized spacial score (nSPS) is 20.5. The molecule has 1 saturated heterocycles. The molecule has 6 heteroatoms. The summed E-state index contributed by atoms with van der Waals surface area (Å²) < 4.78 is 5.12. The highest BCUT2D eigenvalue weighted by molar-refractivity contribution is 5.95. The summed E-state index contributed by atoms with van der Waals surface area (Å²) in [5, 5.41) is 12.4. The van der Waals surface area contributed by atoms with Crippen LogP contribution in [0.5, 0.6) is 0 Å². The first-order chi connectivity index (χ1) is 11.2. The summed E-state index contributed by atoms with van der Waals surface area (Å²) >= 11 is 0. The van der Waals surface area contributed by atoms with Crippen LogP contribution in [0.15, 0.2) is 53.1 Å². The first-order valence-electron chi connectivity index (χ1n) is 7.48. The molecule has 23 heavy (non-hydrogen) atoms. The molecule has 0 spiro atoms. The van der Waals surface area contributed by atoms with Gasteiger partial charge in [0.2, 0.25) is 0 Å². The molecule has 2 amide bonds. The van der Waals surface area contributed by atoms with Crippen LogP contribution in [-0.4, -0.2) is 47.6 Å². The van der Waals surface area contributed by atoms with Crippen LogP contribution < -0.4 is 5.32 Å². The van der Waals surface area contributed by atoms with E-state index in [1.165, 1.54) is 6.26 Å². The maximum Gasteiger partial charge on any atom is 0.289 e. The van der Waals surface area contributed by atoms with Crippen LogP contribution in [0.3, 0.4) is 0 Å². The Kier molecular flexibility index (Phi) is 4.43. The van der Waals surface area contributed by atoms with Crippen LogP contribution in [0.1, 0.15) is 20.9 Å². The van der Waals surface area contributed by atoms with Gasteiger partial charge in [0.05, 0.1) is 12.3 Å². The zero-order valence-electron chi connectivity index (χ0n) is 12.5. The Balaban J connectivity index is 1.68. The van der Waals surface area contributed by atoms with E-state index in [1.54, 1.807) is 41.3 Å². The van der Waals surface area contributed by atoms with Gasteiger partial charge in [-0.1, -0.05) is 18.2 Å². The summed E-state index contributed by atoms with van der Waals surface area (Å²) in [6.45, 7) is 0.640.